The summed E-state index contributed by atoms with van der Waals surface area (Å²) >= 11 is 3.45. The van der Waals surface area contributed by atoms with Gasteiger partial charge in [0.05, 0.1) is 0 Å². The molecule has 1 amide bonds. The third-order valence-electron chi connectivity index (χ3n) is 2.94. The molecule has 1 N–H and O–H groups in total. The Morgan fingerprint density at radius 1 is 1.24 bits per heavy atom. The van der Waals surface area contributed by atoms with Crippen LogP contribution in [0, 0.1) is 0 Å². The maximum absolute atomic E-state index is 10.9. The van der Waals surface area contributed by atoms with Crippen molar-refractivity contribution in [2.24, 2.45) is 0 Å². The molecular weight excluding hydrogens is 284 g/mol. The van der Waals surface area contributed by atoms with E-state index in [4.69, 9.17) is 5.11 Å². The van der Waals surface area contributed by atoms with Crippen LogP contribution in [0.3, 0.4) is 0 Å². The fourth-order valence-corrected chi connectivity index (χ4v) is 2.43. The molecule has 0 spiro atoms. The summed E-state index contributed by atoms with van der Waals surface area (Å²) in [6.45, 7) is 2.85. The van der Waals surface area contributed by atoms with Gasteiger partial charge in [-0.15, -0.1) is 0 Å². The number of amides is 1. The lowest BCUT2D eigenvalue weighted by Crippen LogP contribution is -2.34. The van der Waals surface area contributed by atoms with Crippen LogP contribution in [0.25, 0.3) is 0 Å². The Morgan fingerprint density at radius 3 is 2.76 bits per heavy atom. The zero-order valence-corrected chi connectivity index (χ0v) is 11.1. The van der Waals surface area contributed by atoms with Crippen molar-refractivity contribution in [2.75, 3.05) is 31.1 Å². The van der Waals surface area contributed by atoms with E-state index >= 15 is 0 Å². The molecule has 1 aliphatic heterocycles. The summed E-state index contributed by atoms with van der Waals surface area (Å²) in [4.78, 5) is 14.6. The summed E-state index contributed by atoms with van der Waals surface area (Å²) < 4.78 is 1.05. The molecule has 1 aliphatic rings. The minimum atomic E-state index is -0.818. The largest absolute Gasteiger partial charge is 0.465 e. The highest BCUT2D eigenvalue weighted by Crippen LogP contribution is 2.21. The molecule has 0 atom stereocenters. The number of benzene rings is 1. The maximum Gasteiger partial charge on any atom is 0.407 e. The fourth-order valence-electron chi connectivity index (χ4n) is 2.04. The Kier molecular flexibility index (Phi) is 3.89. The summed E-state index contributed by atoms with van der Waals surface area (Å²) in [6.07, 6.45) is 0.0554. The second-order valence-corrected chi connectivity index (χ2v) is 5.01. The number of rotatable bonds is 1. The van der Waals surface area contributed by atoms with Gasteiger partial charge in [-0.05, 0) is 24.6 Å². The molecule has 4 nitrogen and oxygen atoms in total. The van der Waals surface area contributed by atoms with Crippen LogP contribution in [0.15, 0.2) is 28.7 Å². The quantitative estimate of drug-likeness (QED) is 0.867. The molecular formula is C12H15BrN2O2. The topological polar surface area (TPSA) is 43.8 Å². The summed E-state index contributed by atoms with van der Waals surface area (Å²) in [5, 5.41) is 8.96. The van der Waals surface area contributed by atoms with Crippen molar-refractivity contribution >= 4 is 27.7 Å². The highest BCUT2D eigenvalue weighted by molar-refractivity contribution is 9.10. The first-order chi connectivity index (χ1) is 8.16. The van der Waals surface area contributed by atoms with Gasteiger partial charge in [-0.2, -0.15) is 0 Å². The number of hydrogen-bond acceptors (Lipinski definition) is 2. The first-order valence-corrected chi connectivity index (χ1v) is 6.44. The van der Waals surface area contributed by atoms with Gasteiger partial charge in [0.15, 0.2) is 0 Å². The number of carboxylic acid groups (broad SMARTS) is 1. The molecule has 1 aromatic carbocycles. The van der Waals surface area contributed by atoms with Crippen molar-refractivity contribution in [1.82, 2.24) is 4.90 Å². The summed E-state index contributed by atoms with van der Waals surface area (Å²) in [5.41, 5.74) is 1.15. The van der Waals surface area contributed by atoms with Crippen LogP contribution in [0.2, 0.25) is 0 Å². The average molecular weight is 299 g/mol. The van der Waals surface area contributed by atoms with Gasteiger partial charge in [0.1, 0.15) is 0 Å². The normalized spacial score (nSPS) is 16.8. The van der Waals surface area contributed by atoms with E-state index in [1.54, 1.807) is 0 Å². The molecule has 1 fully saturated rings. The molecule has 17 heavy (non-hydrogen) atoms. The van der Waals surface area contributed by atoms with Gasteiger partial charge in [0.2, 0.25) is 0 Å². The van der Waals surface area contributed by atoms with Crippen LogP contribution in [0.5, 0.6) is 0 Å². The van der Waals surface area contributed by atoms with Crippen molar-refractivity contribution in [1.29, 1.82) is 0 Å². The van der Waals surface area contributed by atoms with Crippen molar-refractivity contribution in [2.45, 2.75) is 6.42 Å². The fraction of sp³-hybridized carbons (Fsp3) is 0.417. The van der Waals surface area contributed by atoms with Crippen molar-refractivity contribution in [3.63, 3.8) is 0 Å². The van der Waals surface area contributed by atoms with E-state index < -0.39 is 6.09 Å². The first-order valence-electron chi connectivity index (χ1n) is 5.65. The third-order valence-corrected chi connectivity index (χ3v) is 3.43. The molecule has 0 saturated carbocycles. The molecule has 92 valence electrons. The Labute approximate surface area is 109 Å². The maximum atomic E-state index is 10.9. The van der Waals surface area contributed by atoms with Crippen LogP contribution in [-0.2, 0) is 0 Å². The van der Waals surface area contributed by atoms with Gasteiger partial charge >= 0.3 is 6.09 Å². The summed E-state index contributed by atoms with van der Waals surface area (Å²) in [7, 11) is 0. The van der Waals surface area contributed by atoms with E-state index in [9.17, 15) is 4.79 Å². The Balaban J connectivity index is 2.06. The van der Waals surface area contributed by atoms with Crippen molar-refractivity contribution < 1.29 is 9.90 Å². The Morgan fingerprint density at radius 2 is 2.06 bits per heavy atom. The van der Waals surface area contributed by atoms with Gasteiger partial charge < -0.3 is 14.9 Å². The lowest BCUT2D eigenvalue weighted by Gasteiger charge is -2.23. The second-order valence-electron chi connectivity index (χ2n) is 4.09. The van der Waals surface area contributed by atoms with E-state index in [0.29, 0.717) is 13.1 Å². The van der Waals surface area contributed by atoms with E-state index in [1.807, 2.05) is 12.1 Å². The SMILES string of the molecule is O=C(O)N1CCCN(c2cccc(Br)c2)CC1. The van der Waals surface area contributed by atoms with Crippen LogP contribution < -0.4 is 4.90 Å². The number of carbonyl (C=O) groups is 1. The monoisotopic (exact) mass is 298 g/mol. The molecule has 1 heterocycles. The first kappa shape index (κ1) is 12.2. The zero-order chi connectivity index (χ0) is 12.3. The molecule has 0 unspecified atom stereocenters. The van der Waals surface area contributed by atoms with Gasteiger partial charge in [0, 0.05) is 36.3 Å². The lowest BCUT2D eigenvalue weighted by atomic mass is 10.2. The van der Waals surface area contributed by atoms with E-state index in [-0.39, 0.29) is 0 Å². The minimum Gasteiger partial charge on any atom is -0.465 e. The molecule has 1 saturated heterocycles. The molecule has 0 aliphatic carbocycles. The van der Waals surface area contributed by atoms with E-state index in [0.717, 1.165) is 29.7 Å². The molecule has 0 aromatic heterocycles. The molecule has 0 bridgehead atoms. The molecule has 5 heteroatoms. The van der Waals surface area contributed by atoms with Crippen molar-refractivity contribution in [3.05, 3.63) is 28.7 Å². The van der Waals surface area contributed by atoms with Crippen LogP contribution in [0.4, 0.5) is 10.5 Å². The van der Waals surface area contributed by atoms with Gasteiger partial charge in [-0.1, -0.05) is 22.0 Å². The van der Waals surface area contributed by atoms with Crippen LogP contribution >= 0.6 is 15.9 Å². The number of nitrogens with zero attached hydrogens (tertiary/aromatic N) is 2. The van der Waals surface area contributed by atoms with Gasteiger partial charge in [-0.3, -0.25) is 0 Å². The number of halogens is 1. The standard InChI is InChI=1S/C12H15BrN2O2/c13-10-3-1-4-11(9-10)14-5-2-6-15(8-7-14)12(16)17/h1,3-4,9H,2,5-8H2,(H,16,17). The summed E-state index contributed by atoms with van der Waals surface area (Å²) in [5.74, 6) is 0. The molecule has 2 rings (SSSR count). The smallest absolute Gasteiger partial charge is 0.407 e. The van der Waals surface area contributed by atoms with E-state index in [2.05, 4.69) is 33.0 Å². The predicted molar refractivity (Wildman–Crippen MR) is 70.6 cm³/mol. The summed E-state index contributed by atoms with van der Waals surface area (Å²) in [6, 6.07) is 8.11. The highest BCUT2D eigenvalue weighted by atomic mass is 79.9. The second kappa shape index (κ2) is 5.40. The van der Waals surface area contributed by atoms with Crippen molar-refractivity contribution in [3.8, 4) is 0 Å². The Hall–Kier alpha value is -1.23. The van der Waals surface area contributed by atoms with Gasteiger partial charge in [0.25, 0.3) is 0 Å². The van der Waals surface area contributed by atoms with Gasteiger partial charge in [-0.25, -0.2) is 4.79 Å². The van der Waals surface area contributed by atoms with E-state index in [1.165, 1.54) is 4.90 Å². The Bertz CT molecular complexity index is 411. The zero-order valence-electron chi connectivity index (χ0n) is 9.47. The van der Waals surface area contributed by atoms with Crippen LogP contribution in [0.1, 0.15) is 6.42 Å². The average Bonchev–Trinajstić information content (AvgIpc) is 2.54. The number of anilines is 1. The molecule has 0 radical (unpaired) electrons. The molecule has 1 aromatic rings. The highest BCUT2D eigenvalue weighted by Gasteiger charge is 2.18. The number of hydrogen-bond donors (Lipinski definition) is 1. The van der Waals surface area contributed by atoms with Crippen LogP contribution in [-0.4, -0.2) is 42.3 Å². The minimum absolute atomic E-state index is 0.571. The predicted octanol–water partition coefficient (Wildman–Crippen LogP) is 2.64. The third kappa shape index (κ3) is 3.12. The lowest BCUT2D eigenvalue weighted by molar-refractivity contribution is 0.148.